The lowest BCUT2D eigenvalue weighted by atomic mass is 10.2. The smallest absolute Gasteiger partial charge is 0.243 e. The molecule has 3 heterocycles. The minimum Gasteiger partial charge on any atom is -0.374 e. The summed E-state index contributed by atoms with van der Waals surface area (Å²) in [5.41, 5.74) is 1.13. The highest BCUT2D eigenvalue weighted by Gasteiger charge is 2.28. The van der Waals surface area contributed by atoms with Crippen LogP contribution in [-0.4, -0.2) is 57.4 Å². The zero-order valence-electron chi connectivity index (χ0n) is 13.3. The molecule has 2 unspecified atom stereocenters. The lowest BCUT2D eigenvalue weighted by molar-refractivity contribution is -0.124. The number of ether oxygens (including phenoxy) is 1. The topological polar surface area (TPSA) is 72.3 Å². The third kappa shape index (κ3) is 4.15. The predicted molar refractivity (Wildman–Crippen MR) is 88.5 cm³/mol. The molecule has 0 saturated carbocycles. The Labute approximate surface area is 139 Å². The SMILES string of the molecule is Cc1cnn(CC2CN(C(C)C(=O)Nc3nccs3)CCO2)c1. The van der Waals surface area contributed by atoms with E-state index in [9.17, 15) is 4.79 Å². The van der Waals surface area contributed by atoms with Crippen molar-refractivity contribution < 1.29 is 9.53 Å². The lowest BCUT2D eigenvalue weighted by Gasteiger charge is -2.35. The van der Waals surface area contributed by atoms with Gasteiger partial charge in [0.15, 0.2) is 5.13 Å². The zero-order chi connectivity index (χ0) is 16.2. The van der Waals surface area contributed by atoms with Gasteiger partial charge in [0, 0.05) is 30.9 Å². The Morgan fingerprint density at radius 1 is 1.61 bits per heavy atom. The Hall–Kier alpha value is -1.77. The molecule has 2 aromatic rings. The number of aryl methyl sites for hydroxylation is 1. The van der Waals surface area contributed by atoms with E-state index in [1.54, 1.807) is 6.20 Å². The molecule has 2 aromatic heterocycles. The molecule has 1 amide bonds. The van der Waals surface area contributed by atoms with E-state index in [1.165, 1.54) is 11.3 Å². The van der Waals surface area contributed by atoms with Gasteiger partial charge in [0.1, 0.15) is 0 Å². The molecule has 1 saturated heterocycles. The highest BCUT2D eigenvalue weighted by atomic mass is 32.1. The standard InChI is InChI=1S/C15H21N5O2S/c1-11-7-17-20(8-11)10-13-9-19(4-5-22-13)12(2)14(21)18-15-16-3-6-23-15/h3,6-8,12-13H,4-5,9-10H2,1-2H3,(H,16,18,21). The Balaban J connectivity index is 1.55. The minimum absolute atomic E-state index is 0.0319. The van der Waals surface area contributed by atoms with E-state index in [-0.39, 0.29) is 18.1 Å². The van der Waals surface area contributed by atoms with Crippen LogP contribution in [0.25, 0.3) is 0 Å². The first kappa shape index (κ1) is 16.1. The summed E-state index contributed by atoms with van der Waals surface area (Å²) >= 11 is 1.42. The molecule has 1 aliphatic rings. The molecule has 0 aromatic carbocycles. The highest BCUT2D eigenvalue weighted by Crippen LogP contribution is 2.15. The number of nitrogens with one attached hydrogen (secondary N) is 1. The zero-order valence-corrected chi connectivity index (χ0v) is 14.1. The van der Waals surface area contributed by atoms with Gasteiger partial charge in [-0.3, -0.25) is 14.4 Å². The van der Waals surface area contributed by atoms with Crippen molar-refractivity contribution in [3.05, 3.63) is 29.5 Å². The second-order valence-corrected chi connectivity index (χ2v) is 6.62. The second-order valence-electron chi connectivity index (χ2n) is 5.73. The predicted octanol–water partition coefficient (Wildman–Crippen LogP) is 1.38. The molecule has 8 heteroatoms. The molecular weight excluding hydrogens is 314 g/mol. The molecule has 124 valence electrons. The number of morpholine rings is 1. The summed E-state index contributed by atoms with van der Waals surface area (Å²) in [6.45, 7) is 6.73. The summed E-state index contributed by atoms with van der Waals surface area (Å²) < 4.78 is 7.71. The summed E-state index contributed by atoms with van der Waals surface area (Å²) in [7, 11) is 0. The van der Waals surface area contributed by atoms with E-state index in [0.29, 0.717) is 24.8 Å². The number of aromatic nitrogens is 3. The molecular formula is C15H21N5O2S. The summed E-state index contributed by atoms with van der Waals surface area (Å²) in [6.07, 6.45) is 5.56. The molecule has 1 fully saturated rings. The summed E-state index contributed by atoms with van der Waals surface area (Å²) in [4.78, 5) is 18.6. The average Bonchev–Trinajstić information content (AvgIpc) is 3.18. The quantitative estimate of drug-likeness (QED) is 0.894. The van der Waals surface area contributed by atoms with Crippen LogP contribution in [0.2, 0.25) is 0 Å². The number of hydrogen-bond acceptors (Lipinski definition) is 6. The van der Waals surface area contributed by atoms with Crippen LogP contribution in [0.15, 0.2) is 24.0 Å². The molecule has 0 radical (unpaired) electrons. The molecule has 23 heavy (non-hydrogen) atoms. The van der Waals surface area contributed by atoms with Crippen molar-refractivity contribution in [1.82, 2.24) is 19.7 Å². The van der Waals surface area contributed by atoms with Gasteiger partial charge in [-0.1, -0.05) is 0 Å². The number of rotatable bonds is 5. The van der Waals surface area contributed by atoms with Crippen LogP contribution in [-0.2, 0) is 16.1 Å². The maximum absolute atomic E-state index is 12.3. The molecule has 0 bridgehead atoms. The maximum Gasteiger partial charge on any atom is 0.243 e. The normalized spacial score (nSPS) is 20.3. The number of carbonyl (C=O) groups excluding carboxylic acids is 1. The van der Waals surface area contributed by atoms with Crippen LogP contribution in [0, 0.1) is 6.92 Å². The van der Waals surface area contributed by atoms with Crippen LogP contribution < -0.4 is 5.32 Å². The van der Waals surface area contributed by atoms with Gasteiger partial charge in [-0.15, -0.1) is 11.3 Å². The van der Waals surface area contributed by atoms with Crippen LogP contribution in [0.3, 0.4) is 0 Å². The molecule has 0 spiro atoms. The van der Waals surface area contributed by atoms with E-state index < -0.39 is 0 Å². The largest absolute Gasteiger partial charge is 0.374 e. The van der Waals surface area contributed by atoms with Crippen molar-refractivity contribution in [3.8, 4) is 0 Å². The van der Waals surface area contributed by atoms with Gasteiger partial charge in [0.25, 0.3) is 0 Å². The van der Waals surface area contributed by atoms with E-state index in [0.717, 1.165) is 12.1 Å². The Morgan fingerprint density at radius 2 is 2.48 bits per heavy atom. The van der Waals surface area contributed by atoms with Gasteiger partial charge in [0.2, 0.25) is 5.91 Å². The third-order valence-corrected chi connectivity index (χ3v) is 4.60. The number of amides is 1. The molecule has 1 aliphatic heterocycles. The summed E-state index contributed by atoms with van der Waals surface area (Å²) in [5, 5.41) is 9.63. The van der Waals surface area contributed by atoms with Crippen molar-refractivity contribution in [2.24, 2.45) is 0 Å². The van der Waals surface area contributed by atoms with Crippen molar-refractivity contribution >= 4 is 22.4 Å². The first-order valence-corrected chi connectivity index (χ1v) is 8.55. The highest BCUT2D eigenvalue weighted by molar-refractivity contribution is 7.13. The molecule has 3 rings (SSSR count). The van der Waals surface area contributed by atoms with Gasteiger partial charge in [-0.2, -0.15) is 5.10 Å². The number of thiazole rings is 1. The summed E-state index contributed by atoms with van der Waals surface area (Å²) in [5.74, 6) is -0.0319. The fraction of sp³-hybridized carbons (Fsp3) is 0.533. The van der Waals surface area contributed by atoms with Crippen molar-refractivity contribution in [2.75, 3.05) is 25.0 Å². The molecule has 1 N–H and O–H groups in total. The minimum atomic E-state index is -0.218. The van der Waals surface area contributed by atoms with Gasteiger partial charge < -0.3 is 10.1 Å². The van der Waals surface area contributed by atoms with E-state index in [1.807, 2.05) is 36.3 Å². The molecule has 7 nitrogen and oxygen atoms in total. The maximum atomic E-state index is 12.3. The van der Waals surface area contributed by atoms with Crippen LogP contribution in [0.5, 0.6) is 0 Å². The summed E-state index contributed by atoms with van der Waals surface area (Å²) in [6, 6.07) is -0.218. The lowest BCUT2D eigenvalue weighted by Crippen LogP contribution is -2.51. The Kier molecular flexibility index (Phi) is 5.04. The van der Waals surface area contributed by atoms with Crippen LogP contribution in [0.1, 0.15) is 12.5 Å². The number of hydrogen-bond donors (Lipinski definition) is 1. The van der Waals surface area contributed by atoms with Gasteiger partial charge >= 0.3 is 0 Å². The first-order valence-electron chi connectivity index (χ1n) is 7.67. The van der Waals surface area contributed by atoms with Gasteiger partial charge in [-0.05, 0) is 19.4 Å². The number of anilines is 1. The number of nitrogens with zero attached hydrogens (tertiary/aromatic N) is 4. The van der Waals surface area contributed by atoms with E-state index in [2.05, 4.69) is 20.3 Å². The van der Waals surface area contributed by atoms with Crippen molar-refractivity contribution in [1.29, 1.82) is 0 Å². The fourth-order valence-electron chi connectivity index (χ4n) is 2.64. The number of carbonyl (C=O) groups is 1. The van der Waals surface area contributed by atoms with E-state index >= 15 is 0 Å². The molecule has 2 atom stereocenters. The Bertz CT molecular complexity index is 642. The first-order chi connectivity index (χ1) is 11.1. The van der Waals surface area contributed by atoms with Crippen molar-refractivity contribution in [3.63, 3.8) is 0 Å². The monoisotopic (exact) mass is 335 g/mol. The van der Waals surface area contributed by atoms with Crippen LogP contribution in [0.4, 0.5) is 5.13 Å². The fourth-order valence-corrected chi connectivity index (χ4v) is 3.17. The van der Waals surface area contributed by atoms with Gasteiger partial charge in [-0.25, -0.2) is 4.98 Å². The third-order valence-electron chi connectivity index (χ3n) is 3.91. The van der Waals surface area contributed by atoms with Gasteiger partial charge in [0.05, 0.1) is 31.5 Å². The Morgan fingerprint density at radius 3 is 3.17 bits per heavy atom. The molecule has 0 aliphatic carbocycles. The average molecular weight is 335 g/mol. The second kappa shape index (κ2) is 7.20. The van der Waals surface area contributed by atoms with E-state index in [4.69, 9.17) is 4.74 Å². The van der Waals surface area contributed by atoms with Crippen molar-refractivity contribution in [2.45, 2.75) is 32.5 Å². The van der Waals surface area contributed by atoms with Crippen LogP contribution >= 0.6 is 11.3 Å².